The molecule has 1 aromatic carbocycles. The Hall–Kier alpha value is -2.78. The highest BCUT2D eigenvalue weighted by Crippen LogP contribution is 2.46. The number of hydrogen-bond acceptors (Lipinski definition) is 13. The van der Waals surface area contributed by atoms with Crippen molar-refractivity contribution < 1.29 is 63.9 Å². The number of aliphatic hydroxyl groups is 4. The van der Waals surface area contributed by atoms with E-state index in [2.05, 4.69) is 0 Å². The molecule has 2 fully saturated rings. The molecule has 10 atom stereocenters. The number of phenolic OH excluding ortho intramolecular Hbond substituents is 2. The van der Waals surface area contributed by atoms with Gasteiger partial charge in [-0.15, -0.1) is 0 Å². The van der Waals surface area contributed by atoms with Crippen LogP contribution in [0.5, 0.6) is 11.5 Å². The second-order valence-corrected chi connectivity index (χ2v) is 9.62. The Morgan fingerprint density at radius 3 is 2.50 bits per heavy atom. The fourth-order valence-electron chi connectivity index (χ4n) is 5.07. The Morgan fingerprint density at radius 1 is 1.11 bits per heavy atom. The molecule has 1 aliphatic carbocycles. The molecular formula is C25H32O13. The molecule has 1 saturated carbocycles. The van der Waals surface area contributed by atoms with Crippen LogP contribution in [0.2, 0.25) is 0 Å². The van der Waals surface area contributed by atoms with Crippen LogP contribution in [-0.4, -0.2) is 99.7 Å². The molecule has 0 aromatic heterocycles. The number of esters is 1. The maximum atomic E-state index is 13.0. The average Bonchev–Trinajstić information content (AvgIpc) is 3.20. The van der Waals surface area contributed by atoms with E-state index in [1.54, 1.807) is 6.92 Å². The van der Waals surface area contributed by atoms with Crippen molar-refractivity contribution in [3.8, 4) is 11.5 Å². The summed E-state index contributed by atoms with van der Waals surface area (Å²) in [4.78, 5) is 25.6. The summed E-state index contributed by atoms with van der Waals surface area (Å²) in [6.07, 6.45) is -8.31. The number of benzene rings is 1. The number of ether oxygens (including phenoxy) is 5. The Bertz CT molecular complexity index is 1060. The first-order valence-corrected chi connectivity index (χ1v) is 12.1. The van der Waals surface area contributed by atoms with Crippen LogP contribution in [0.3, 0.4) is 0 Å². The van der Waals surface area contributed by atoms with Crippen molar-refractivity contribution in [1.29, 1.82) is 0 Å². The Labute approximate surface area is 217 Å². The molecule has 2 aliphatic heterocycles. The smallest absolute Gasteiger partial charge is 0.337 e. The van der Waals surface area contributed by atoms with Crippen LogP contribution < -0.4 is 0 Å². The van der Waals surface area contributed by atoms with Gasteiger partial charge in [-0.3, -0.25) is 4.79 Å². The molecule has 0 amide bonds. The van der Waals surface area contributed by atoms with Crippen LogP contribution >= 0.6 is 0 Å². The Balaban J connectivity index is 1.47. The van der Waals surface area contributed by atoms with Gasteiger partial charge in [-0.1, -0.05) is 13.0 Å². The van der Waals surface area contributed by atoms with E-state index in [9.17, 15) is 40.2 Å². The van der Waals surface area contributed by atoms with Crippen molar-refractivity contribution in [2.45, 2.75) is 56.4 Å². The van der Waals surface area contributed by atoms with Crippen molar-refractivity contribution in [2.75, 3.05) is 20.3 Å². The molecule has 13 nitrogen and oxygen atoms in total. The molecule has 1 aromatic rings. The van der Waals surface area contributed by atoms with Gasteiger partial charge in [0.25, 0.3) is 0 Å². The van der Waals surface area contributed by atoms with E-state index in [1.165, 1.54) is 25.3 Å². The average molecular weight is 541 g/mol. The predicted octanol–water partition coefficient (Wildman–Crippen LogP) is -0.773. The maximum Gasteiger partial charge on any atom is 0.337 e. The molecule has 1 saturated heterocycles. The summed E-state index contributed by atoms with van der Waals surface area (Å²) >= 11 is 0. The van der Waals surface area contributed by atoms with Crippen molar-refractivity contribution in [2.24, 2.45) is 17.8 Å². The number of hydrogen-bond donors (Lipinski definition) is 6. The van der Waals surface area contributed by atoms with E-state index in [0.717, 1.165) is 6.26 Å². The lowest BCUT2D eigenvalue weighted by atomic mass is 9.83. The quantitative estimate of drug-likeness (QED) is 0.177. The summed E-state index contributed by atoms with van der Waals surface area (Å²) in [6.45, 7) is 0.786. The highest BCUT2D eigenvalue weighted by atomic mass is 16.8. The van der Waals surface area contributed by atoms with Gasteiger partial charge < -0.3 is 54.3 Å². The van der Waals surface area contributed by atoms with Crippen molar-refractivity contribution in [3.63, 3.8) is 0 Å². The summed E-state index contributed by atoms with van der Waals surface area (Å²) < 4.78 is 27.6. The van der Waals surface area contributed by atoms with Crippen molar-refractivity contribution >= 4 is 11.8 Å². The molecule has 0 bridgehead atoms. The SMILES string of the molecule is CO[C@H](COC(=O)C1=CO[C@@H](O[C@@H]2O[C@H](CO)[C@@H](O)[C@H](O)[C@@H]2O)[C@@H]2[C@@H]1CC(=O)[C@@H]2C)c1ccc(O)c(O)c1. The van der Waals surface area contributed by atoms with Crippen LogP contribution in [0.1, 0.15) is 25.0 Å². The minimum atomic E-state index is -1.66. The highest BCUT2D eigenvalue weighted by Gasteiger charge is 2.53. The number of Topliss-reactive ketones (excluding diaryl/α,β-unsaturated/α-hetero) is 1. The molecule has 210 valence electrons. The van der Waals surface area contributed by atoms with E-state index in [1.807, 2.05) is 0 Å². The lowest BCUT2D eigenvalue weighted by Crippen LogP contribution is -2.60. The van der Waals surface area contributed by atoms with Gasteiger partial charge >= 0.3 is 5.97 Å². The molecule has 0 spiro atoms. The first kappa shape index (κ1) is 28.2. The van der Waals surface area contributed by atoms with Gasteiger partial charge in [0.1, 0.15) is 42.9 Å². The molecule has 38 heavy (non-hydrogen) atoms. The van der Waals surface area contributed by atoms with Gasteiger partial charge in [-0.2, -0.15) is 0 Å². The fraction of sp³-hybridized carbons (Fsp3) is 0.600. The van der Waals surface area contributed by atoms with Crippen LogP contribution in [0.25, 0.3) is 0 Å². The minimum absolute atomic E-state index is 0.0181. The molecule has 2 heterocycles. The highest BCUT2D eigenvalue weighted by molar-refractivity contribution is 5.93. The molecule has 6 N–H and O–H groups in total. The largest absolute Gasteiger partial charge is 0.504 e. The number of fused-ring (bicyclic) bond motifs is 1. The normalized spacial score (nSPS) is 35.7. The van der Waals surface area contributed by atoms with Crippen molar-refractivity contribution in [1.82, 2.24) is 0 Å². The number of carbonyl (C=O) groups excluding carboxylic acids is 2. The Kier molecular flexibility index (Phi) is 8.57. The van der Waals surface area contributed by atoms with Crippen LogP contribution in [0.4, 0.5) is 0 Å². The van der Waals surface area contributed by atoms with Gasteiger partial charge in [0, 0.05) is 31.3 Å². The fourth-order valence-corrected chi connectivity index (χ4v) is 5.07. The molecule has 13 heteroatoms. The number of ketones is 1. The molecular weight excluding hydrogens is 508 g/mol. The van der Waals surface area contributed by atoms with E-state index in [0.29, 0.717) is 5.56 Å². The summed E-state index contributed by atoms with van der Waals surface area (Å²) in [5.74, 6) is -3.43. The lowest BCUT2D eigenvalue weighted by molar-refractivity contribution is -0.342. The first-order valence-electron chi connectivity index (χ1n) is 12.1. The summed E-state index contributed by atoms with van der Waals surface area (Å²) in [5.41, 5.74) is 0.560. The number of aliphatic hydroxyl groups excluding tert-OH is 4. The second kappa shape index (κ2) is 11.5. The van der Waals surface area contributed by atoms with Gasteiger partial charge in [-0.05, 0) is 17.7 Å². The van der Waals surface area contributed by atoms with Gasteiger partial charge in [-0.25, -0.2) is 4.79 Å². The summed E-state index contributed by atoms with van der Waals surface area (Å²) in [5, 5.41) is 59.0. The molecule has 0 radical (unpaired) electrons. The van der Waals surface area contributed by atoms with Crippen LogP contribution in [-0.2, 0) is 33.3 Å². The first-order chi connectivity index (χ1) is 18.1. The third-order valence-corrected chi connectivity index (χ3v) is 7.39. The topological polar surface area (TPSA) is 202 Å². The third-order valence-electron chi connectivity index (χ3n) is 7.39. The zero-order valence-corrected chi connectivity index (χ0v) is 20.7. The number of aromatic hydroxyl groups is 2. The maximum absolute atomic E-state index is 13.0. The molecule has 4 rings (SSSR count). The summed E-state index contributed by atoms with van der Waals surface area (Å²) in [7, 11) is 1.39. The van der Waals surface area contributed by atoms with E-state index in [4.69, 9.17) is 23.7 Å². The Morgan fingerprint density at radius 2 is 1.84 bits per heavy atom. The summed E-state index contributed by atoms with van der Waals surface area (Å²) in [6, 6.07) is 4.07. The van der Waals surface area contributed by atoms with E-state index >= 15 is 0 Å². The number of rotatable bonds is 8. The van der Waals surface area contributed by atoms with Crippen molar-refractivity contribution in [3.05, 3.63) is 35.6 Å². The lowest BCUT2D eigenvalue weighted by Gasteiger charge is -2.42. The van der Waals surface area contributed by atoms with Gasteiger partial charge in [0.15, 0.2) is 17.8 Å². The third kappa shape index (κ3) is 5.36. The standard InChI is InChI=1S/C25H32O13/c1-10-15(28)6-12-13(23(33)35-9-18(34-2)11-3-4-14(27)16(29)5-11)8-36-24(19(10)12)38-25-22(32)21(31)20(30)17(7-26)37-25/h3-5,8,10,12,17-22,24-27,29-32H,6-7,9H2,1-2H3/t10-,12+,17+,18+,19-,20+,21-,22-,24-,25-/m0/s1. The zero-order chi connectivity index (χ0) is 27.7. The van der Waals surface area contributed by atoms with Crippen LogP contribution in [0.15, 0.2) is 30.0 Å². The van der Waals surface area contributed by atoms with E-state index < -0.39 is 73.4 Å². The zero-order valence-electron chi connectivity index (χ0n) is 20.7. The number of phenols is 2. The number of carbonyl (C=O) groups is 2. The second-order valence-electron chi connectivity index (χ2n) is 9.62. The molecule has 0 unspecified atom stereocenters. The van der Waals surface area contributed by atoms with Gasteiger partial charge in [0.2, 0.25) is 6.29 Å². The monoisotopic (exact) mass is 540 g/mol. The predicted molar refractivity (Wildman–Crippen MR) is 124 cm³/mol. The van der Waals surface area contributed by atoms with Gasteiger partial charge in [0.05, 0.1) is 18.4 Å². The number of methoxy groups -OCH3 is 1. The molecule has 3 aliphatic rings. The van der Waals surface area contributed by atoms with Crippen LogP contribution in [0, 0.1) is 17.8 Å². The minimum Gasteiger partial charge on any atom is -0.504 e. The van der Waals surface area contributed by atoms with E-state index in [-0.39, 0.29) is 35.9 Å².